The minimum absolute atomic E-state index is 0.298. The number of hydrazone groups is 1. The highest BCUT2D eigenvalue weighted by Gasteiger charge is 2.18. The molecule has 0 fully saturated rings. The predicted octanol–water partition coefficient (Wildman–Crippen LogP) is 1.07. The summed E-state index contributed by atoms with van der Waals surface area (Å²) < 4.78 is 4.04. The number of nitrogens with zero attached hydrogens (tertiary/aromatic N) is 5. The normalized spacial score (nSPS) is 11.3. The smallest absolute Gasteiger partial charge is 0.299 e. The molecule has 0 atom stereocenters. The summed E-state index contributed by atoms with van der Waals surface area (Å²) in [5.41, 5.74) is 3.54. The van der Waals surface area contributed by atoms with Gasteiger partial charge in [-0.15, -0.1) is 6.58 Å². The average Bonchev–Trinajstić information content (AvgIpc) is 2.98. The second kappa shape index (κ2) is 6.60. The number of allylic oxidation sites excluding steroid dienone is 1. The van der Waals surface area contributed by atoms with Crippen LogP contribution < -0.4 is 16.7 Å². The fourth-order valence-corrected chi connectivity index (χ4v) is 2.54. The zero-order valence-corrected chi connectivity index (χ0v) is 14.0. The van der Waals surface area contributed by atoms with Crippen LogP contribution in [0.3, 0.4) is 0 Å². The molecule has 2 aromatic heterocycles. The van der Waals surface area contributed by atoms with Crippen LogP contribution in [0.2, 0.25) is 0 Å². The maximum atomic E-state index is 12.5. The van der Waals surface area contributed by atoms with Gasteiger partial charge < -0.3 is 0 Å². The molecule has 1 N–H and O–H groups in total. The molecule has 0 saturated heterocycles. The van der Waals surface area contributed by atoms with Crippen LogP contribution in [0, 0.1) is 0 Å². The number of aromatic nitrogens is 4. The van der Waals surface area contributed by atoms with Crippen LogP contribution in [0.4, 0.5) is 5.95 Å². The van der Waals surface area contributed by atoms with Gasteiger partial charge in [-0.3, -0.25) is 18.5 Å². The monoisotopic (exact) mass is 338 g/mol. The summed E-state index contributed by atoms with van der Waals surface area (Å²) in [5.74, 6) is 0.361. The second-order valence-electron chi connectivity index (χ2n) is 5.49. The molecule has 128 valence electrons. The average molecular weight is 338 g/mol. The van der Waals surface area contributed by atoms with Gasteiger partial charge in [0.25, 0.3) is 5.56 Å². The first-order valence-corrected chi connectivity index (χ1v) is 7.66. The van der Waals surface area contributed by atoms with E-state index in [-0.39, 0.29) is 0 Å². The number of imidazole rings is 1. The van der Waals surface area contributed by atoms with Gasteiger partial charge in [-0.25, -0.2) is 10.2 Å². The molecule has 0 saturated carbocycles. The van der Waals surface area contributed by atoms with Gasteiger partial charge >= 0.3 is 5.69 Å². The van der Waals surface area contributed by atoms with Gasteiger partial charge in [0.15, 0.2) is 11.2 Å². The molecule has 0 amide bonds. The highest BCUT2D eigenvalue weighted by molar-refractivity contribution is 5.80. The van der Waals surface area contributed by atoms with Crippen molar-refractivity contribution < 1.29 is 0 Å². The number of rotatable bonds is 5. The molecule has 8 heteroatoms. The number of fused-ring (bicyclic) bond motifs is 1. The van der Waals surface area contributed by atoms with Crippen molar-refractivity contribution in [1.82, 2.24) is 18.7 Å². The van der Waals surface area contributed by atoms with Crippen molar-refractivity contribution in [3.8, 4) is 0 Å². The van der Waals surface area contributed by atoms with Gasteiger partial charge in [-0.05, 0) is 5.56 Å². The Morgan fingerprint density at radius 2 is 1.92 bits per heavy atom. The summed E-state index contributed by atoms with van der Waals surface area (Å²) in [6, 6.07) is 9.57. The van der Waals surface area contributed by atoms with Crippen molar-refractivity contribution in [2.45, 2.75) is 6.54 Å². The molecule has 2 heterocycles. The number of nitrogens with one attached hydrogen (secondary N) is 1. The fraction of sp³-hybridized carbons (Fsp3) is 0.176. The Bertz CT molecular complexity index is 1070. The van der Waals surface area contributed by atoms with Crippen LogP contribution in [-0.2, 0) is 20.6 Å². The lowest BCUT2D eigenvalue weighted by molar-refractivity contribution is 0.703. The molecule has 0 bridgehead atoms. The van der Waals surface area contributed by atoms with Crippen LogP contribution in [0.25, 0.3) is 11.2 Å². The van der Waals surface area contributed by atoms with Crippen LogP contribution in [0.1, 0.15) is 5.56 Å². The standard InChI is InChI=1S/C17H18N6O2/c1-4-10-23-13-14(21(2)17(25)22(3)15(13)24)19-16(23)20-18-11-12-8-6-5-7-9-12/h4-9,11H,1,10H2,2-3H3,(H,19,20)/b18-11-. The Kier molecular flexibility index (Phi) is 4.34. The first-order chi connectivity index (χ1) is 12.0. The van der Waals surface area contributed by atoms with Crippen molar-refractivity contribution in [3.05, 3.63) is 69.4 Å². The van der Waals surface area contributed by atoms with Crippen molar-refractivity contribution in [2.24, 2.45) is 19.2 Å². The van der Waals surface area contributed by atoms with Crippen LogP contribution >= 0.6 is 0 Å². The molecular weight excluding hydrogens is 320 g/mol. The Morgan fingerprint density at radius 1 is 1.20 bits per heavy atom. The highest BCUT2D eigenvalue weighted by Crippen LogP contribution is 2.15. The third kappa shape index (κ3) is 2.89. The minimum atomic E-state index is -0.430. The molecule has 0 aliphatic rings. The van der Waals surface area contributed by atoms with E-state index in [1.165, 1.54) is 11.6 Å². The predicted molar refractivity (Wildman–Crippen MR) is 98.1 cm³/mol. The third-order valence-electron chi connectivity index (χ3n) is 3.84. The number of anilines is 1. The Morgan fingerprint density at radius 3 is 2.60 bits per heavy atom. The molecule has 3 aromatic rings. The minimum Gasteiger partial charge on any atom is -0.299 e. The molecule has 0 aliphatic carbocycles. The zero-order valence-electron chi connectivity index (χ0n) is 14.0. The van der Waals surface area contributed by atoms with E-state index >= 15 is 0 Å². The molecule has 0 aliphatic heterocycles. The van der Waals surface area contributed by atoms with E-state index in [1.807, 2.05) is 30.3 Å². The molecule has 1 aromatic carbocycles. The summed E-state index contributed by atoms with van der Waals surface area (Å²) in [7, 11) is 3.02. The van der Waals surface area contributed by atoms with Crippen molar-refractivity contribution in [2.75, 3.05) is 5.43 Å². The fourth-order valence-electron chi connectivity index (χ4n) is 2.54. The van der Waals surface area contributed by atoms with E-state index < -0.39 is 11.2 Å². The number of hydrogen-bond donors (Lipinski definition) is 1. The van der Waals surface area contributed by atoms with Crippen LogP contribution in [-0.4, -0.2) is 24.9 Å². The van der Waals surface area contributed by atoms with E-state index in [1.54, 1.807) is 23.9 Å². The van der Waals surface area contributed by atoms with Gasteiger partial charge in [-0.2, -0.15) is 10.1 Å². The van der Waals surface area contributed by atoms with E-state index in [2.05, 4.69) is 22.1 Å². The van der Waals surface area contributed by atoms with Gasteiger partial charge in [0.1, 0.15) is 0 Å². The molecule has 8 nitrogen and oxygen atoms in total. The van der Waals surface area contributed by atoms with Crippen LogP contribution in [0.5, 0.6) is 0 Å². The van der Waals surface area contributed by atoms with E-state index in [4.69, 9.17) is 0 Å². The van der Waals surface area contributed by atoms with Gasteiger partial charge in [0.2, 0.25) is 5.95 Å². The molecule has 3 rings (SSSR count). The first kappa shape index (κ1) is 16.4. The second-order valence-corrected chi connectivity index (χ2v) is 5.49. The quantitative estimate of drug-likeness (QED) is 0.428. The Labute approximate surface area is 143 Å². The van der Waals surface area contributed by atoms with Crippen molar-refractivity contribution in [1.29, 1.82) is 0 Å². The topological polar surface area (TPSA) is 86.2 Å². The Balaban J connectivity index is 2.10. The highest BCUT2D eigenvalue weighted by atomic mass is 16.2. The lowest BCUT2D eigenvalue weighted by Crippen LogP contribution is -2.37. The molecule has 0 spiro atoms. The summed E-state index contributed by atoms with van der Waals surface area (Å²) in [6.45, 7) is 4.07. The van der Waals surface area contributed by atoms with Gasteiger partial charge in [0, 0.05) is 20.6 Å². The number of aryl methyl sites for hydroxylation is 1. The number of benzene rings is 1. The van der Waals surface area contributed by atoms with Crippen LogP contribution in [0.15, 0.2) is 57.7 Å². The largest absolute Gasteiger partial charge is 0.332 e. The zero-order chi connectivity index (χ0) is 18.0. The summed E-state index contributed by atoms with van der Waals surface area (Å²) in [5, 5.41) is 4.17. The molecular formula is C17H18N6O2. The SMILES string of the molecule is C=CCn1c(N/N=C\c2ccccc2)nc2c1c(=O)n(C)c(=O)n2C. The molecule has 25 heavy (non-hydrogen) atoms. The van der Waals surface area contributed by atoms with Crippen molar-refractivity contribution >= 4 is 23.3 Å². The lowest BCUT2D eigenvalue weighted by atomic mass is 10.2. The number of hydrogen-bond acceptors (Lipinski definition) is 5. The first-order valence-electron chi connectivity index (χ1n) is 7.66. The van der Waals surface area contributed by atoms with Gasteiger partial charge in [0.05, 0.1) is 6.21 Å². The summed E-state index contributed by atoms with van der Waals surface area (Å²) >= 11 is 0. The Hall–Kier alpha value is -3.42. The summed E-state index contributed by atoms with van der Waals surface area (Å²) in [6.07, 6.45) is 3.30. The summed E-state index contributed by atoms with van der Waals surface area (Å²) in [4.78, 5) is 28.9. The van der Waals surface area contributed by atoms with E-state index in [9.17, 15) is 9.59 Å². The maximum absolute atomic E-state index is 12.5. The van der Waals surface area contributed by atoms with Crippen molar-refractivity contribution in [3.63, 3.8) is 0 Å². The van der Waals surface area contributed by atoms with E-state index in [0.29, 0.717) is 23.7 Å². The molecule has 0 radical (unpaired) electrons. The lowest BCUT2D eigenvalue weighted by Gasteiger charge is -2.06. The van der Waals surface area contributed by atoms with E-state index in [0.717, 1.165) is 10.1 Å². The maximum Gasteiger partial charge on any atom is 0.332 e. The van der Waals surface area contributed by atoms with Gasteiger partial charge in [-0.1, -0.05) is 36.4 Å². The third-order valence-corrected chi connectivity index (χ3v) is 3.84. The molecule has 0 unspecified atom stereocenters.